The first-order valence-corrected chi connectivity index (χ1v) is 6.91. The van der Waals surface area contributed by atoms with Gasteiger partial charge >= 0.3 is 12.3 Å². The van der Waals surface area contributed by atoms with Gasteiger partial charge in [-0.15, -0.1) is 13.2 Å². The summed E-state index contributed by atoms with van der Waals surface area (Å²) in [5.74, 6) is -2.00. The van der Waals surface area contributed by atoms with Crippen LogP contribution in [0.4, 0.5) is 18.9 Å². The maximum Gasteiger partial charge on any atom is 0.573 e. The summed E-state index contributed by atoms with van der Waals surface area (Å²) in [5, 5.41) is 11.1. The van der Waals surface area contributed by atoms with Gasteiger partial charge in [0.2, 0.25) is 0 Å². The maximum absolute atomic E-state index is 12.1. The van der Waals surface area contributed by atoms with E-state index in [-0.39, 0.29) is 5.56 Å². The molecule has 8 heteroatoms. The van der Waals surface area contributed by atoms with Crippen molar-refractivity contribution in [3.8, 4) is 5.75 Å². The Morgan fingerprint density at radius 2 is 1.60 bits per heavy atom. The molecule has 0 spiro atoms. The summed E-state index contributed by atoms with van der Waals surface area (Å²) >= 11 is 0. The summed E-state index contributed by atoms with van der Waals surface area (Å²) in [7, 11) is 0. The van der Waals surface area contributed by atoms with Crippen molar-refractivity contribution in [1.29, 1.82) is 0 Å². The summed E-state index contributed by atoms with van der Waals surface area (Å²) in [4.78, 5) is 22.5. The van der Waals surface area contributed by atoms with Gasteiger partial charge in [-0.05, 0) is 48.0 Å². The molecule has 0 aliphatic rings. The number of carbonyl (C=O) groups excluding carboxylic acids is 1. The lowest BCUT2D eigenvalue weighted by molar-refractivity contribution is -0.274. The normalized spacial score (nSPS) is 11.3. The zero-order chi connectivity index (χ0) is 18.4. The molecule has 0 aliphatic carbocycles. The lowest BCUT2D eigenvalue weighted by Crippen LogP contribution is -2.17. The van der Waals surface area contributed by atoms with E-state index in [2.05, 4.69) is 10.1 Å². The fraction of sp³-hybridized carbons (Fsp3) is 0.0588. The van der Waals surface area contributed by atoms with Crippen LogP contribution in [0.5, 0.6) is 5.75 Å². The molecule has 0 unspecified atom stereocenters. The summed E-state index contributed by atoms with van der Waals surface area (Å²) < 4.78 is 40.0. The van der Waals surface area contributed by atoms with Gasteiger partial charge in [-0.2, -0.15) is 0 Å². The third kappa shape index (κ3) is 6.02. The molecule has 5 nitrogen and oxygen atoms in total. The molecule has 2 N–H and O–H groups in total. The van der Waals surface area contributed by atoms with E-state index in [1.54, 1.807) is 24.3 Å². The number of carboxylic acids is 1. The van der Waals surface area contributed by atoms with Crippen LogP contribution in [0.15, 0.2) is 54.6 Å². The lowest BCUT2D eigenvalue weighted by Gasteiger charge is -2.09. The van der Waals surface area contributed by atoms with E-state index in [1.165, 1.54) is 18.2 Å². The number of alkyl halides is 3. The minimum absolute atomic E-state index is 0.157. The number of hydrogen-bond acceptors (Lipinski definition) is 3. The molecule has 25 heavy (non-hydrogen) atoms. The zero-order valence-electron chi connectivity index (χ0n) is 12.6. The molecule has 2 aromatic carbocycles. The molecule has 0 heterocycles. The summed E-state index contributed by atoms with van der Waals surface area (Å²) in [6, 6.07) is 10.9. The van der Waals surface area contributed by atoms with Gasteiger partial charge in [0.1, 0.15) is 5.75 Å². The van der Waals surface area contributed by atoms with Crippen LogP contribution in [-0.4, -0.2) is 23.3 Å². The largest absolute Gasteiger partial charge is 0.573 e. The van der Waals surface area contributed by atoms with Crippen LogP contribution < -0.4 is 10.1 Å². The van der Waals surface area contributed by atoms with Gasteiger partial charge in [0.25, 0.3) is 5.91 Å². The van der Waals surface area contributed by atoms with Gasteiger partial charge in [-0.3, -0.25) is 4.79 Å². The maximum atomic E-state index is 12.1. The van der Waals surface area contributed by atoms with Crippen LogP contribution in [0, 0.1) is 0 Å². The number of aliphatic carboxylic acids is 1. The van der Waals surface area contributed by atoms with Crippen molar-refractivity contribution in [2.45, 2.75) is 6.36 Å². The zero-order valence-corrected chi connectivity index (χ0v) is 12.6. The Bertz CT molecular complexity index is 781. The molecule has 0 aliphatic heterocycles. The van der Waals surface area contributed by atoms with E-state index in [1.807, 2.05) is 0 Å². The Labute approximate surface area is 140 Å². The van der Waals surface area contributed by atoms with Crippen molar-refractivity contribution in [1.82, 2.24) is 0 Å². The van der Waals surface area contributed by atoms with Crippen LogP contribution in [-0.2, 0) is 4.79 Å². The SMILES string of the molecule is O=C(O)/C=C/c1ccc(NC(=O)c2ccc(OC(F)(F)F)cc2)cc1. The topological polar surface area (TPSA) is 75.6 Å². The van der Waals surface area contributed by atoms with Gasteiger partial charge in [0.05, 0.1) is 0 Å². The number of nitrogens with one attached hydrogen (secondary N) is 1. The molecule has 2 rings (SSSR count). The Balaban J connectivity index is 2.00. The number of ether oxygens (including phenoxy) is 1. The number of benzene rings is 2. The summed E-state index contributed by atoms with van der Waals surface area (Å²) in [6.45, 7) is 0. The summed E-state index contributed by atoms with van der Waals surface area (Å²) in [6.07, 6.45) is -2.41. The Kier molecular flexibility index (Phi) is 5.43. The number of carboxylic acid groups (broad SMARTS) is 1. The molecule has 0 fully saturated rings. The van der Waals surface area contributed by atoms with E-state index < -0.39 is 24.0 Å². The molecule has 0 atom stereocenters. The van der Waals surface area contributed by atoms with E-state index >= 15 is 0 Å². The van der Waals surface area contributed by atoms with Crippen molar-refractivity contribution in [3.63, 3.8) is 0 Å². The second kappa shape index (κ2) is 7.52. The Morgan fingerprint density at radius 3 is 2.12 bits per heavy atom. The van der Waals surface area contributed by atoms with Crippen LogP contribution in [0.2, 0.25) is 0 Å². The Hall–Kier alpha value is -3.29. The average molecular weight is 351 g/mol. The molecule has 0 aromatic heterocycles. The predicted octanol–water partition coefficient (Wildman–Crippen LogP) is 3.94. The molecular weight excluding hydrogens is 339 g/mol. The van der Waals surface area contributed by atoms with Crippen LogP contribution in [0.1, 0.15) is 15.9 Å². The van der Waals surface area contributed by atoms with Gasteiger partial charge in [0, 0.05) is 17.3 Å². The van der Waals surface area contributed by atoms with Crippen molar-refractivity contribution >= 4 is 23.6 Å². The predicted molar refractivity (Wildman–Crippen MR) is 84.2 cm³/mol. The summed E-state index contributed by atoms with van der Waals surface area (Å²) in [5.41, 5.74) is 1.24. The molecule has 0 bridgehead atoms. The highest BCUT2D eigenvalue weighted by molar-refractivity contribution is 6.04. The van der Waals surface area contributed by atoms with Crippen LogP contribution in [0.3, 0.4) is 0 Å². The third-order valence-electron chi connectivity index (χ3n) is 2.94. The highest BCUT2D eigenvalue weighted by Gasteiger charge is 2.31. The fourth-order valence-corrected chi connectivity index (χ4v) is 1.86. The van der Waals surface area contributed by atoms with E-state index in [0.717, 1.165) is 18.2 Å². The number of carbonyl (C=O) groups is 2. The molecule has 0 saturated heterocycles. The van der Waals surface area contributed by atoms with E-state index in [9.17, 15) is 22.8 Å². The van der Waals surface area contributed by atoms with Crippen LogP contribution in [0.25, 0.3) is 6.08 Å². The van der Waals surface area contributed by atoms with Crippen molar-refractivity contribution in [3.05, 3.63) is 65.7 Å². The number of hydrogen-bond donors (Lipinski definition) is 2. The van der Waals surface area contributed by atoms with E-state index in [4.69, 9.17) is 5.11 Å². The average Bonchev–Trinajstić information content (AvgIpc) is 2.53. The first-order chi connectivity index (χ1) is 11.7. The number of amides is 1. The molecular formula is C17H12F3NO4. The minimum atomic E-state index is -4.79. The first-order valence-electron chi connectivity index (χ1n) is 6.91. The number of anilines is 1. The molecule has 130 valence electrons. The van der Waals surface area contributed by atoms with Crippen LogP contribution >= 0.6 is 0 Å². The molecule has 0 radical (unpaired) electrons. The quantitative estimate of drug-likeness (QED) is 0.800. The standard InChI is InChI=1S/C17H12F3NO4/c18-17(19,20)25-14-8-4-12(5-9-14)16(24)21-13-6-1-11(2-7-13)3-10-15(22)23/h1-10H,(H,21,24)(H,22,23)/b10-3+. The van der Waals surface area contributed by atoms with Gasteiger partial charge in [-0.1, -0.05) is 12.1 Å². The Morgan fingerprint density at radius 1 is 1.00 bits per heavy atom. The molecule has 2 aromatic rings. The highest BCUT2D eigenvalue weighted by atomic mass is 19.4. The number of halogens is 3. The van der Waals surface area contributed by atoms with Gasteiger partial charge in [0.15, 0.2) is 0 Å². The van der Waals surface area contributed by atoms with E-state index in [0.29, 0.717) is 11.3 Å². The molecule has 1 amide bonds. The van der Waals surface area contributed by atoms with Crippen molar-refractivity contribution in [2.75, 3.05) is 5.32 Å². The highest BCUT2D eigenvalue weighted by Crippen LogP contribution is 2.23. The van der Waals surface area contributed by atoms with Gasteiger partial charge < -0.3 is 15.2 Å². The third-order valence-corrected chi connectivity index (χ3v) is 2.94. The molecule has 0 saturated carbocycles. The second-order valence-electron chi connectivity index (χ2n) is 4.82. The number of rotatable bonds is 5. The smallest absolute Gasteiger partial charge is 0.478 e. The lowest BCUT2D eigenvalue weighted by atomic mass is 10.1. The van der Waals surface area contributed by atoms with Gasteiger partial charge in [-0.25, -0.2) is 4.79 Å². The van der Waals surface area contributed by atoms with Crippen molar-refractivity contribution < 1.29 is 32.6 Å². The monoisotopic (exact) mass is 351 g/mol. The fourth-order valence-electron chi connectivity index (χ4n) is 1.86. The minimum Gasteiger partial charge on any atom is -0.478 e. The second-order valence-corrected chi connectivity index (χ2v) is 4.82. The van der Waals surface area contributed by atoms with Crippen molar-refractivity contribution in [2.24, 2.45) is 0 Å². The first kappa shape index (κ1) is 18.1.